The lowest BCUT2D eigenvalue weighted by Gasteiger charge is -2.10. The maximum absolute atomic E-state index is 11.8. The van der Waals surface area contributed by atoms with Crippen LogP contribution in [0.3, 0.4) is 0 Å². The number of halogens is 1. The van der Waals surface area contributed by atoms with Gasteiger partial charge in [0.25, 0.3) is 5.91 Å². The Morgan fingerprint density at radius 1 is 1.15 bits per heavy atom. The van der Waals surface area contributed by atoms with Crippen LogP contribution in [-0.2, 0) is 11.4 Å². The largest absolute Gasteiger partial charge is 0.482 e. The molecule has 104 valence electrons. The number of aliphatic hydroxyl groups excluding tert-OH is 1. The highest BCUT2D eigenvalue weighted by molar-refractivity contribution is 6.32. The van der Waals surface area contributed by atoms with E-state index < -0.39 is 0 Å². The molecule has 0 fully saturated rings. The lowest BCUT2D eigenvalue weighted by molar-refractivity contribution is -0.118. The van der Waals surface area contributed by atoms with Gasteiger partial charge in [-0.3, -0.25) is 4.79 Å². The van der Waals surface area contributed by atoms with Crippen LogP contribution in [0.15, 0.2) is 48.5 Å². The molecule has 2 aromatic carbocycles. The first kappa shape index (κ1) is 14.4. The Balaban J connectivity index is 1.95. The smallest absolute Gasteiger partial charge is 0.262 e. The molecule has 0 saturated heterocycles. The van der Waals surface area contributed by atoms with Crippen molar-refractivity contribution < 1.29 is 14.6 Å². The highest BCUT2D eigenvalue weighted by Gasteiger charge is 2.08. The number of hydrogen-bond donors (Lipinski definition) is 2. The number of nitrogens with one attached hydrogen (secondary N) is 1. The molecule has 0 spiro atoms. The molecule has 2 N–H and O–H groups in total. The van der Waals surface area contributed by atoms with Crippen LogP contribution in [0.5, 0.6) is 5.75 Å². The molecular weight excluding hydrogens is 278 g/mol. The predicted octanol–water partition coefficient (Wildman–Crippen LogP) is 2.85. The van der Waals surface area contributed by atoms with Gasteiger partial charge >= 0.3 is 0 Å². The van der Waals surface area contributed by atoms with Crippen molar-refractivity contribution in [2.24, 2.45) is 0 Å². The van der Waals surface area contributed by atoms with Crippen molar-refractivity contribution >= 4 is 23.2 Å². The van der Waals surface area contributed by atoms with Gasteiger partial charge in [0.15, 0.2) is 6.61 Å². The number of amides is 1. The minimum atomic E-state index is -0.314. The van der Waals surface area contributed by atoms with Gasteiger partial charge in [0.2, 0.25) is 0 Å². The van der Waals surface area contributed by atoms with E-state index in [1.54, 1.807) is 48.5 Å². The van der Waals surface area contributed by atoms with E-state index >= 15 is 0 Å². The van der Waals surface area contributed by atoms with Gasteiger partial charge in [-0.25, -0.2) is 0 Å². The van der Waals surface area contributed by atoms with Gasteiger partial charge in [-0.05, 0) is 18.2 Å². The number of para-hydroxylation sites is 2. The first-order chi connectivity index (χ1) is 9.70. The second kappa shape index (κ2) is 6.93. The predicted molar refractivity (Wildman–Crippen MR) is 77.9 cm³/mol. The third-order valence-electron chi connectivity index (χ3n) is 2.66. The van der Waals surface area contributed by atoms with E-state index in [1.807, 2.05) is 0 Å². The van der Waals surface area contributed by atoms with E-state index in [1.165, 1.54) is 0 Å². The van der Waals surface area contributed by atoms with Crippen LogP contribution in [0, 0.1) is 0 Å². The standard InChI is InChI=1S/C15H14ClNO3/c16-12-6-2-4-8-14(12)20-10-15(19)17-13-7-3-1-5-11(13)9-18/h1-8,18H,9-10H2,(H,17,19). The fourth-order valence-corrected chi connectivity index (χ4v) is 1.86. The van der Waals surface area contributed by atoms with E-state index in [4.69, 9.17) is 16.3 Å². The number of hydrogen-bond acceptors (Lipinski definition) is 3. The number of anilines is 1. The summed E-state index contributed by atoms with van der Waals surface area (Å²) < 4.78 is 5.34. The third kappa shape index (κ3) is 3.73. The average molecular weight is 292 g/mol. The van der Waals surface area contributed by atoms with Gasteiger partial charge in [0.05, 0.1) is 11.6 Å². The van der Waals surface area contributed by atoms with E-state index in [0.29, 0.717) is 22.0 Å². The topological polar surface area (TPSA) is 58.6 Å². The van der Waals surface area contributed by atoms with Gasteiger partial charge in [0.1, 0.15) is 5.75 Å². The normalized spacial score (nSPS) is 10.1. The average Bonchev–Trinajstić information content (AvgIpc) is 2.47. The molecule has 0 heterocycles. The summed E-state index contributed by atoms with van der Waals surface area (Å²) in [6.45, 7) is -0.286. The SMILES string of the molecule is O=C(COc1ccccc1Cl)Nc1ccccc1CO. The van der Waals surface area contributed by atoms with Gasteiger partial charge in [-0.2, -0.15) is 0 Å². The Morgan fingerprint density at radius 2 is 1.85 bits per heavy atom. The zero-order valence-corrected chi connectivity index (χ0v) is 11.4. The lowest BCUT2D eigenvalue weighted by atomic mass is 10.2. The number of carbonyl (C=O) groups is 1. The highest BCUT2D eigenvalue weighted by Crippen LogP contribution is 2.23. The van der Waals surface area contributed by atoms with E-state index in [9.17, 15) is 9.90 Å². The van der Waals surface area contributed by atoms with Crippen LogP contribution in [0.1, 0.15) is 5.56 Å². The molecule has 2 aromatic rings. The Labute approximate surface area is 122 Å². The summed E-state index contributed by atoms with van der Waals surface area (Å²) in [6.07, 6.45) is 0. The van der Waals surface area contributed by atoms with Crippen molar-refractivity contribution in [2.45, 2.75) is 6.61 Å². The number of carbonyl (C=O) groups excluding carboxylic acids is 1. The maximum Gasteiger partial charge on any atom is 0.262 e. The molecule has 0 radical (unpaired) electrons. The van der Waals surface area contributed by atoms with Crippen LogP contribution < -0.4 is 10.1 Å². The number of benzene rings is 2. The first-order valence-electron chi connectivity index (χ1n) is 6.06. The van der Waals surface area contributed by atoms with E-state index in [2.05, 4.69) is 5.32 Å². The second-order valence-electron chi connectivity index (χ2n) is 4.08. The number of ether oxygens (including phenoxy) is 1. The molecule has 2 rings (SSSR count). The molecule has 0 aliphatic carbocycles. The third-order valence-corrected chi connectivity index (χ3v) is 2.97. The number of aliphatic hydroxyl groups is 1. The van der Waals surface area contributed by atoms with Crippen LogP contribution in [0.4, 0.5) is 5.69 Å². The minimum absolute atomic E-state index is 0.137. The minimum Gasteiger partial charge on any atom is -0.482 e. The molecule has 0 aliphatic rings. The molecular formula is C15H14ClNO3. The van der Waals surface area contributed by atoms with Crippen LogP contribution >= 0.6 is 11.6 Å². The Kier molecular flexibility index (Phi) is 4.98. The van der Waals surface area contributed by atoms with Crippen molar-refractivity contribution in [3.63, 3.8) is 0 Å². The summed E-state index contributed by atoms with van der Waals surface area (Å²) in [5.41, 5.74) is 1.22. The van der Waals surface area contributed by atoms with Crippen LogP contribution in [0.2, 0.25) is 5.02 Å². The van der Waals surface area contributed by atoms with Crippen molar-refractivity contribution in [1.82, 2.24) is 0 Å². The molecule has 0 unspecified atom stereocenters. The van der Waals surface area contributed by atoms with Crippen LogP contribution in [0.25, 0.3) is 0 Å². The highest BCUT2D eigenvalue weighted by atomic mass is 35.5. The van der Waals surface area contributed by atoms with E-state index in [-0.39, 0.29) is 19.1 Å². The Morgan fingerprint density at radius 3 is 2.60 bits per heavy atom. The molecule has 0 aliphatic heterocycles. The van der Waals surface area contributed by atoms with Crippen LogP contribution in [-0.4, -0.2) is 17.6 Å². The summed E-state index contributed by atoms with van der Waals surface area (Å²) in [5.74, 6) is 0.144. The lowest BCUT2D eigenvalue weighted by Crippen LogP contribution is -2.21. The van der Waals surface area contributed by atoms with Crippen molar-refractivity contribution in [3.05, 3.63) is 59.1 Å². The number of rotatable bonds is 5. The van der Waals surface area contributed by atoms with Gasteiger partial charge in [0, 0.05) is 11.3 Å². The molecule has 1 amide bonds. The van der Waals surface area contributed by atoms with Gasteiger partial charge in [-0.1, -0.05) is 41.9 Å². The molecule has 0 saturated carbocycles. The first-order valence-corrected chi connectivity index (χ1v) is 6.44. The summed E-state index contributed by atoms with van der Waals surface area (Å²) in [7, 11) is 0. The van der Waals surface area contributed by atoms with Crippen molar-refractivity contribution in [1.29, 1.82) is 0 Å². The zero-order valence-electron chi connectivity index (χ0n) is 10.7. The quantitative estimate of drug-likeness (QED) is 0.890. The second-order valence-corrected chi connectivity index (χ2v) is 4.49. The van der Waals surface area contributed by atoms with Crippen molar-refractivity contribution in [2.75, 3.05) is 11.9 Å². The molecule has 5 heteroatoms. The molecule has 0 atom stereocenters. The molecule has 0 aromatic heterocycles. The van der Waals surface area contributed by atoms with E-state index in [0.717, 1.165) is 0 Å². The molecule has 0 bridgehead atoms. The summed E-state index contributed by atoms with van der Waals surface area (Å²) in [5, 5.41) is 12.3. The molecule has 20 heavy (non-hydrogen) atoms. The Hall–Kier alpha value is -2.04. The monoisotopic (exact) mass is 291 g/mol. The fourth-order valence-electron chi connectivity index (χ4n) is 1.67. The Bertz CT molecular complexity index is 601. The van der Waals surface area contributed by atoms with Gasteiger partial charge < -0.3 is 15.2 Å². The summed E-state index contributed by atoms with van der Waals surface area (Å²) in [4.78, 5) is 11.8. The summed E-state index contributed by atoms with van der Waals surface area (Å²) >= 11 is 5.93. The fraction of sp³-hybridized carbons (Fsp3) is 0.133. The molecule has 4 nitrogen and oxygen atoms in total. The van der Waals surface area contributed by atoms with Crippen molar-refractivity contribution in [3.8, 4) is 5.75 Å². The van der Waals surface area contributed by atoms with Gasteiger partial charge in [-0.15, -0.1) is 0 Å². The maximum atomic E-state index is 11.8. The zero-order chi connectivity index (χ0) is 14.4. The summed E-state index contributed by atoms with van der Waals surface area (Å²) in [6, 6.07) is 14.0.